The molecule has 2 aromatic rings. The molecule has 29 heavy (non-hydrogen) atoms. The lowest BCUT2D eigenvalue weighted by atomic mass is 9.74. The van der Waals surface area contributed by atoms with E-state index in [4.69, 9.17) is 16.7 Å². The largest absolute Gasteiger partial charge is 0.396 e. The fourth-order valence-electron chi connectivity index (χ4n) is 4.31. The van der Waals surface area contributed by atoms with Gasteiger partial charge in [-0.2, -0.15) is 0 Å². The van der Waals surface area contributed by atoms with Gasteiger partial charge in [0, 0.05) is 53.3 Å². The summed E-state index contributed by atoms with van der Waals surface area (Å²) < 4.78 is 0. The average Bonchev–Trinajstić information content (AvgIpc) is 3.07. The Kier molecular flexibility index (Phi) is 5.96. The maximum atomic E-state index is 12.6. The number of fused-ring (bicyclic) bond motifs is 1. The molecule has 1 saturated carbocycles. The van der Waals surface area contributed by atoms with Crippen LogP contribution in [0.5, 0.6) is 0 Å². The number of halogens is 1. The van der Waals surface area contributed by atoms with Crippen LogP contribution < -0.4 is 10.6 Å². The molecule has 2 heterocycles. The molecule has 4 rings (SSSR count). The summed E-state index contributed by atoms with van der Waals surface area (Å²) >= 11 is 6.01. The van der Waals surface area contributed by atoms with Gasteiger partial charge >= 0.3 is 6.03 Å². The SMILES string of the molecule is O=C(NCc1cc2cc(Cl)ccc2[nH]1)N[C@@H]1CCCN(C(=O)C2CC(CO)C2)C1. The first-order valence-electron chi connectivity index (χ1n) is 10.2. The van der Waals surface area contributed by atoms with Gasteiger partial charge < -0.3 is 25.6 Å². The zero-order valence-corrected chi connectivity index (χ0v) is 17.0. The third-order valence-corrected chi connectivity index (χ3v) is 6.22. The summed E-state index contributed by atoms with van der Waals surface area (Å²) in [6, 6.07) is 7.33. The first kappa shape index (κ1) is 20.0. The van der Waals surface area contributed by atoms with Crippen molar-refractivity contribution in [1.82, 2.24) is 20.5 Å². The molecule has 0 unspecified atom stereocenters. The van der Waals surface area contributed by atoms with E-state index in [1.807, 2.05) is 29.2 Å². The van der Waals surface area contributed by atoms with E-state index in [9.17, 15) is 9.59 Å². The lowest BCUT2D eigenvalue weighted by molar-refractivity contribution is -0.141. The van der Waals surface area contributed by atoms with E-state index in [1.54, 1.807) is 0 Å². The minimum absolute atomic E-state index is 0.0373. The number of hydrogen-bond donors (Lipinski definition) is 4. The number of H-pyrrole nitrogens is 1. The highest BCUT2D eigenvalue weighted by Gasteiger charge is 2.37. The maximum Gasteiger partial charge on any atom is 0.315 e. The van der Waals surface area contributed by atoms with E-state index >= 15 is 0 Å². The molecule has 8 heteroatoms. The van der Waals surface area contributed by atoms with E-state index in [2.05, 4.69) is 15.6 Å². The van der Waals surface area contributed by atoms with Crippen LogP contribution in [0.25, 0.3) is 10.9 Å². The molecule has 156 valence electrons. The average molecular weight is 419 g/mol. The van der Waals surface area contributed by atoms with E-state index < -0.39 is 0 Å². The Balaban J connectivity index is 1.25. The van der Waals surface area contributed by atoms with E-state index in [1.165, 1.54) is 0 Å². The predicted octanol–water partition coefficient (Wildman–Crippen LogP) is 2.63. The van der Waals surface area contributed by atoms with E-state index in [0.29, 0.717) is 18.1 Å². The monoisotopic (exact) mass is 418 g/mol. The Morgan fingerprint density at radius 1 is 1.28 bits per heavy atom. The molecule has 1 saturated heterocycles. The number of carbonyl (C=O) groups excluding carboxylic acids is 2. The van der Waals surface area contributed by atoms with Gasteiger partial charge in [0.2, 0.25) is 5.91 Å². The number of aliphatic hydroxyl groups is 1. The molecular weight excluding hydrogens is 392 g/mol. The summed E-state index contributed by atoms with van der Waals surface area (Å²) in [5.74, 6) is 0.475. The van der Waals surface area contributed by atoms with Gasteiger partial charge in [-0.1, -0.05) is 11.6 Å². The minimum Gasteiger partial charge on any atom is -0.396 e. The number of aromatic amines is 1. The molecule has 1 aromatic carbocycles. The number of nitrogens with one attached hydrogen (secondary N) is 3. The van der Waals surface area contributed by atoms with Crippen LogP contribution in [-0.4, -0.2) is 52.7 Å². The van der Waals surface area contributed by atoms with Crippen molar-refractivity contribution < 1.29 is 14.7 Å². The normalized spacial score (nSPS) is 24.2. The van der Waals surface area contributed by atoms with Crippen molar-refractivity contribution in [2.24, 2.45) is 11.8 Å². The zero-order valence-electron chi connectivity index (χ0n) is 16.3. The molecule has 0 bridgehead atoms. The molecule has 3 amide bonds. The summed E-state index contributed by atoms with van der Waals surface area (Å²) in [7, 11) is 0. The second-order valence-electron chi connectivity index (χ2n) is 8.19. The number of urea groups is 1. The van der Waals surface area contributed by atoms with Crippen molar-refractivity contribution in [3.63, 3.8) is 0 Å². The van der Waals surface area contributed by atoms with Crippen LogP contribution in [0.2, 0.25) is 5.02 Å². The molecule has 0 spiro atoms. The van der Waals surface area contributed by atoms with Gasteiger partial charge in [0.15, 0.2) is 0 Å². The van der Waals surface area contributed by atoms with Crippen molar-refractivity contribution >= 4 is 34.4 Å². The molecule has 7 nitrogen and oxygen atoms in total. The van der Waals surface area contributed by atoms with Crippen LogP contribution in [0.1, 0.15) is 31.4 Å². The summed E-state index contributed by atoms with van der Waals surface area (Å²) in [6.07, 6.45) is 3.31. The standard InChI is InChI=1S/C21H27ClN4O3/c22-16-3-4-19-14(8-16)9-18(24-19)10-23-21(29)25-17-2-1-5-26(11-17)20(28)15-6-13(7-15)12-27/h3-4,8-9,13,15,17,24,27H,1-2,5-7,10-12H2,(H2,23,25,29)/t13?,15?,17-/m1/s1. The topological polar surface area (TPSA) is 97.5 Å². The third-order valence-electron chi connectivity index (χ3n) is 5.99. The quantitative estimate of drug-likeness (QED) is 0.600. The summed E-state index contributed by atoms with van der Waals surface area (Å²) in [5, 5.41) is 16.7. The van der Waals surface area contributed by atoms with Crippen molar-refractivity contribution in [3.05, 3.63) is 35.0 Å². The Bertz CT molecular complexity index is 893. The molecule has 1 atom stereocenters. The number of benzene rings is 1. The van der Waals surface area contributed by atoms with Gasteiger partial charge in [-0.25, -0.2) is 4.79 Å². The Morgan fingerprint density at radius 3 is 2.90 bits per heavy atom. The number of aliphatic hydroxyl groups excluding tert-OH is 1. The van der Waals surface area contributed by atoms with Crippen LogP contribution in [0.15, 0.2) is 24.3 Å². The van der Waals surface area contributed by atoms with E-state index in [0.717, 1.165) is 48.8 Å². The number of hydrogen-bond acceptors (Lipinski definition) is 3. The highest BCUT2D eigenvalue weighted by molar-refractivity contribution is 6.31. The highest BCUT2D eigenvalue weighted by atomic mass is 35.5. The van der Waals surface area contributed by atoms with Crippen LogP contribution in [0.3, 0.4) is 0 Å². The van der Waals surface area contributed by atoms with Gasteiger partial charge in [0.1, 0.15) is 0 Å². The minimum atomic E-state index is -0.232. The van der Waals surface area contributed by atoms with Gasteiger partial charge in [0.05, 0.1) is 6.54 Å². The van der Waals surface area contributed by atoms with E-state index in [-0.39, 0.29) is 36.4 Å². The lowest BCUT2D eigenvalue weighted by Gasteiger charge is -2.40. The molecule has 0 radical (unpaired) electrons. The first-order chi connectivity index (χ1) is 14.0. The molecule has 2 fully saturated rings. The maximum absolute atomic E-state index is 12.6. The second-order valence-corrected chi connectivity index (χ2v) is 8.63. The highest BCUT2D eigenvalue weighted by Crippen LogP contribution is 2.35. The smallest absolute Gasteiger partial charge is 0.315 e. The van der Waals surface area contributed by atoms with Crippen LogP contribution in [0, 0.1) is 11.8 Å². The molecule has 1 aliphatic heterocycles. The summed E-state index contributed by atoms with van der Waals surface area (Å²) in [5.41, 5.74) is 1.88. The second kappa shape index (κ2) is 8.63. The number of aromatic nitrogens is 1. The van der Waals surface area contributed by atoms with Gasteiger partial charge in [-0.15, -0.1) is 0 Å². The molecule has 2 aliphatic rings. The number of carbonyl (C=O) groups is 2. The number of rotatable bonds is 5. The summed E-state index contributed by atoms with van der Waals surface area (Å²) in [6.45, 7) is 1.85. The van der Waals surface area contributed by atoms with Gasteiger partial charge in [0.25, 0.3) is 0 Å². The van der Waals surface area contributed by atoms with Gasteiger partial charge in [-0.05, 0) is 55.9 Å². The van der Waals surface area contributed by atoms with Crippen molar-refractivity contribution in [2.75, 3.05) is 19.7 Å². The molecule has 1 aromatic heterocycles. The Morgan fingerprint density at radius 2 is 2.10 bits per heavy atom. The van der Waals surface area contributed by atoms with Gasteiger partial charge in [-0.3, -0.25) is 4.79 Å². The van der Waals surface area contributed by atoms with Crippen LogP contribution in [-0.2, 0) is 11.3 Å². The van der Waals surface area contributed by atoms with Crippen LogP contribution in [0.4, 0.5) is 4.79 Å². The lowest BCUT2D eigenvalue weighted by Crippen LogP contribution is -2.54. The third kappa shape index (κ3) is 4.67. The predicted molar refractivity (Wildman–Crippen MR) is 112 cm³/mol. The fourth-order valence-corrected chi connectivity index (χ4v) is 4.49. The molecule has 1 aliphatic carbocycles. The van der Waals surface area contributed by atoms with Crippen molar-refractivity contribution in [1.29, 1.82) is 0 Å². The Hall–Kier alpha value is -2.25. The fraction of sp³-hybridized carbons (Fsp3) is 0.524. The molecular formula is C21H27ClN4O3. The molecule has 4 N–H and O–H groups in total. The first-order valence-corrected chi connectivity index (χ1v) is 10.6. The number of amides is 3. The number of piperidine rings is 1. The van der Waals surface area contributed by atoms with Crippen molar-refractivity contribution in [2.45, 2.75) is 38.3 Å². The zero-order chi connectivity index (χ0) is 20.4. The Labute approximate surface area is 174 Å². The number of likely N-dealkylation sites (tertiary alicyclic amines) is 1. The summed E-state index contributed by atoms with van der Waals surface area (Å²) in [4.78, 5) is 30.1. The van der Waals surface area contributed by atoms with Crippen molar-refractivity contribution in [3.8, 4) is 0 Å². The van der Waals surface area contributed by atoms with Crippen LogP contribution >= 0.6 is 11.6 Å². The number of nitrogens with zero attached hydrogens (tertiary/aromatic N) is 1.